The Morgan fingerprint density at radius 1 is 1.23 bits per heavy atom. The highest BCUT2D eigenvalue weighted by Gasteiger charge is 2.25. The molecule has 0 aliphatic carbocycles. The first-order chi connectivity index (χ1) is 12.5. The molecule has 2 aromatic rings. The van der Waals surface area contributed by atoms with Crippen LogP contribution in [0.2, 0.25) is 0 Å². The van der Waals surface area contributed by atoms with Crippen LogP contribution < -0.4 is 15.8 Å². The van der Waals surface area contributed by atoms with E-state index in [4.69, 9.17) is 20.5 Å². The quantitative estimate of drug-likeness (QED) is 0.585. The zero-order valence-electron chi connectivity index (χ0n) is 15.2. The second-order valence-corrected chi connectivity index (χ2v) is 5.62. The van der Waals surface area contributed by atoms with Crippen LogP contribution in [0, 0.1) is 11.3 Å². The number of carbonyl (C=O) groups excluding carboxylic acids is 1. The summed E-state index contributed by atoms with van der Waals surface area (Å²) in [5.41, 5.74) is 9.57. The van der Waals surface area contributed by atoms with E-state index in [1.54, 1.807) is 30.3 Å². The van der Waals surface area contributed by atoms with Crippen molar-refractivity contribution >= 4 is 17.3 Å². The van der Waals surface area contributed by atoms with Crippen LogP contribution in [-0.4, -0.2) is 19.7 Å². The number of nitriles is 1. The van der Waals surface area contributed by atoms with Gasteiger partial charge in [0.25, 0.3) is 0 Å². The van der Waals surface area contributed by atoms with Crippen LogP contribution in [0.3, 0.4) is 0 Å². The second kappa shape index (κ2) is 8.77. The molecular formula is C20H23N3O3. The fraction of sp³-hybridized carbons (Fsp3) is 0.300. The number of methoxy groups -OCH3 is 1. The Bertz CT molecular complexity index is 810. The lowest BCUT2D eigenvalue weighted by atomic mass is 9.98. The third-order valence-corrected chi connectivity index (χ3v) is 4.07. The summed E-state index contributed by atoms with van der Waals surface area (Å²) in [6, 6.07) is 11.7. The molecule has 2 rings (SSSR count). The van der Waals surface area contributed by atoms with Crippen LogP contribution >= 0.6 is 0 Å². The minimum absolute atomic E-state index is 0.452. The lowest BCUT2D eigenvalue weighted by Gasteiger charge is -2.22. The number of hydrogen-bond donors (Lipinski definition) is 2. The summed E-state index contributed by atoms with van der Waals surface area (Å²) in [6.45, 7) is 4.43. The number of hydrogen-bond acceptors (Lipinski definition) is 6. The van der Waals surface area contributed by atoms with E-state index in [1.165, 1.54) is 7.11 Å². The number of nitrogens with two attached hydrogens (primary N) is 1. The van der Waals surface area contributed by atoms with Gasteiger partial charge in [0, 0.05) is 22.5 Å². The molecule has 0 saturated carbocycles. The van der Waals surface area contributed by atoms with E-state index in [0.29, 0.717) is 35.5 Å². The highest BCUT2D eigenvalue weighted by Crippen LogP contribution is 2.34. The molecule has 0 spiro atoms. The summed E-state index contributed by atoms with van der Waals surface area (Å²) >= 11 is 0. The number of nitrogens with zero attached hydrogens (tertiary/aromatic N) is 1. The molecule has 0 saturated heterocycles. The lowest BCUT2D eigenvalue weighted by Crippen LogP contribution is -2.24. The molecule has 0 amide bonds. The number of anilines is 2. The van der Waals surface area contributed by atoms with Gasteiger partial charge in [-0.25, -0.2) is 4.79 Å². The first kappa shape index (κ1) is 19.1. The molecule has 2 aromatic carbocycles. The molecule has 1 atom stereocenters. The minimum Gasteiger partial charge on any atom is -0.494 e. The van der Waals surface area contributed by atoms with Crippen molar-refractivity contribution in [2.45, 2.75) is 26.3 Å². The first-order valence-corrected chi connectivity index (χ1v) is 8.44. The third-order valence-electron chi connectivity index (χ3n) is 4.07. The van der Waals surface area contributed by atoms with Crippen LogP contribution in [0.25, 0.3) is 0 Å². The van der Waals surface area contributed by atoms with Crippen molar-refractivity contribution in [2.24, 2.45) is 0 Å². The van der Waals surface area contributed by atoms with Gasteiger partial charge in [-0.15, -0.1) is 0 Å². The van der Waals surface area contributed by atoms with Gasteiger partial charge in [0.1, 0.15) is 5.75 Å². The maximum atomic E-state index is 12.4. The predicted molar refractivity (Wildman–Crippen MR) is 101 cm³/mol. The van der Waals surface area contributed by atoms with Gasteiger partial charge in [0.2, 0.25) is 0 Å². The van der Waals surface area contributed by atoms with Gasteiger partial charge in [-0.05, 0) is 43.7 Å². The van der Waals surface area contributed by atoms with E-state index in [2.05, 4.69) is 11.4 Å². The van der Waals surface area contributed by atoms with Gasteiger partial charge in [0.15, 0.2) is 6.04 Å². The fourth-order valence-electron chi connectivity index (χ4n) is 2.76. The molecule has 0 aliphatic rings. The zero-order chi connectivity index (χ0) is 19.1. The Labute approximate surface area is 153 Å². The molecule has 0 bridgehead atoms. The first-order valence-electron chi connectivity index (χ1n) is 8.44. The zero-order valence-corrected chi connectivity index (χ0v) is 15.2. The van der Waals surface area contributed by atoms with Crippen molar-refractivity contribution in [3.63, 3.8) is 0 Å². The molecule has 0 fully saturated rings. The summed E-state index contributed by atoms with van der Waals surface area (Å²) < 4.78 is 10.6. The van der Waals surface area contributed by atoms with Gasteiger partial charge in [-0.3, -0.25) is 0 Å². The third kappa shape index (κ3) is 4.06. The van der Waals surface area contributed by atoms with Crippen molar-refractivity contribution in [2.75, 3.05) is 24.8 Å². The minimum atomic E-state index is -0.770. The average molecular weight is 353 g/mol. The number of benzene rings is 2. The number of carbonyl (C=O) groups is 1. The Kier molecular flexibility index (Phi) is 6.45. The van der Waals surface area contributed by atoms with Crippen LogP contribution in [0.4, 0.5) is 11.4 Å². The molecule has 0 radical (unpaired) electrons. The lowest BCUT2D eigenvalue weighted by molar-refractivity contribution is -0.141. The highest BCUT2D eigenvalue weighted by atomic mass is 16.5. The van der Waals surface area contributed by atoms with E-state index < -0.39 is 12.0 Å². The van der Waals surface area contributed by atoms with Gasteiger partial charge in [-0.1, -0.05) is 13.0 Å². The van der Waals surface area contributed by atoms with E-state index in [-0.39, 0.29) is 0 Å². The maximum absolute atomic E-state index is 12.4. The normalized spacial score (nSPS) is 11.3. The second-order valence-electron chi connectivity index (χ2n) is 5.62. The smallest absolute Gasteiger partial charge is 0.333 e. The Hall–Kier alpha value is -3.20. The summed E-state index contributed by atoms with van der Waals surface area (Å²) in [4.78, 5) is 12.4. The topological polar surface area (TPSA) is 97.4 Å². The van der Waals surface area contributed by atoms with Gasteiger partial charge >= 0.3 is 5.97 Å². The summed E-state index contributed by atoms with van der Waals surface area (Å²) in [6.07, 6.45) is 0.680. The average Bonchev–Trinajstić information content (AvgIpc) is 2.67. The molecule has 6 heteroatoms. The van der Waals surface area contributed by atoms with Crippen molar-refractivity contribution in [3.05, 3.63) is 53.1 Å². The molecule has 0 aromatic heterocycles. The number of rotatable bonds is 7. The van der Waals surface area contributed by atoms with E-state index in [0.717, 1.165) is 11.3 Å². The van der Waals surface area contributed by atoms with Gasteiger partial charge in [0.05, 0.1) is 25.3 Å². The Morgan fingerprint density at radius 3 is 2.46 bits per heavy atom. The molecule has 3 N–H and O–H groups in total. The Morgan fingerprint density at radius 2 is 1.92 bits per heavy atom. The van der Waals surface area contributed by atoms with Crippen LogP contribution in [0.1, 0.15) is 36.6 Å². The fourth-order valence-corrected chi connectivity index (χ4v) is 2.76. The Balaban J connectivity index is 2.43. The largest absolute Gasteiger partial charge is 0.494 e. The number of ether oxygens (including phenoxy) is 2. The highest BCUT2D eigenvalue weighted by molar-refractivity contribution is 5.84. The summed E-state index contributed by atoms with van der Waals surface area (Å²) in [5.74, 6) is 0.269. The number of nitrogens with one attached hydrogen (secondary N) is 1. The van der Waals surface area contributed by atoms with E-state index >= 15 is 0 Å². The van der Waals surface area contributed by atoms with Gasteiger partial charge < -0.3 is 20.5 Å². The van der Waals surface area contributed by atoms with E-state index in [1.807, 2.05) is 19.9 Å². The van der Waals surface area contributed by atoms with Crippen molar-refractivity contribution in [1.82, 2.24) is 0 Å². The van der Waals surface area contributed by atoms with Crippen LogP contribution in [0.15, 0.2) is 36.4 Å². The summed E-state index contributed by atoms with van der Waals surface area (Å²) in [7, 11) is 1.33. The van der Waals surface area contributed by atoms with Crippen molar-refractivity contribution in [3.8, 4) is 11.8 Å². The van der Waals surface area contributed by atoms with Crippen molar-refractivity contribution in [1.29, 1.82) is 5.26 Å². The van der Waals surface area contributed by atoms with Crippen LogP contribution in [-0.2, 0) is 16.0 Å². The molecular weight excluding hydrogens is 330 g/mol. The summed E-state index contributed by atoms with van der Waals surface area (Å²) in [5, 5.41) is 12.0. The standard InChI is InChI=1S/C20H23N3O3/c1-4-15-17(26-5-2)11-10-16(18(15)22)19(20(24)25-3)23-14-8-6-13(12-21)7-9-14/h6-11,19,23H,4-5,22H2,1-3H3. The monoisotopic (exact) mass is 353 g/mol. The van der Waals surface area contributed by atoms with Crippen LogP contribution in [0.5, 0.6) is 5.75 Å². The van der Waals surface area contributed by atoms with Crippen molar-refractivity contribution < 1.29 is 14.3 Å². The maximum Gasteiger partial charge on any atom is 0.333 e. The SMILES string of the molecule is CCOc1ccc(C(Nc2ccc(C#N)cc2)C(=O)OC)c(N)c1CC. The van der Waals surface area contributed by atoms with Gasteiger partial charge in [-0.2, -0.15) is 5.26 Å². The molecule has 136 valence electrons. The molecule has 6 nitrogen and oxygen atoms in total. The number of esters is 1. The van der Waals surface area contributed by atoms with E-state index in [9.17, 15) is 4.79 Å². The molecule has 0 heterocycles. The molecule has 1 unspecified atom stereocenters. The predicted octanol–water partition coefficient (Wildman–Crippen LogP) is 3.43. The number of nitrogen functional groups attached to an aromatic ring is 1. The molecule has 0 aliphatic heterocycles. The molecule has 26 heavy (non-hydrogen) atoms.